The van der Waals surface area contributed by atoms with Crippen LogP contribution < -0.4 is 10.2 Å². The van der Waals surface area contributed by atoms with Gasteiger partial charge in [0.25, 0.3) is 0 Å². The van der Waals surface area contributed by atoms with Crippen LogP contribution in [0.2, 0.25) is 0 Å². The number of rotatable bonds is 5. The lowest BCUT2D eigenvalue weighted by Crippen LogP contribution is -2.31. The number of anilines is 2. The first kappa shape index (κ1) is 17.9. The first-order chi connectivity index (χ1) is 13.7. The highest BCUT2D eigenvalue weighted by Crippen LogP contribution is 2.39. The van der Waals surface area contributed by atoms with Crippen molar-refractivity contribution in [1.82, 2.24) is 9.97 Å². The Morgan fingerprint density at radius 3 is 2.64 bits per heavy atom. The van der Waals surface area contributed by atoms with E-state index >= 15 is 0 Å². The zero-order valence-corrected chi connectivity index (χ0v) is 16.7. The molecule has 5 nitrogen and oxygen atoms in total. The molecule has 3 aliphatic rings. The Bertz CT molecular complexity index is 856. The molecule has 2 N–H and O–H groups in total. The van der Waals surface area contributed by atoms with Gasteiger partial charge in [-0.15, -0.1) is 0 Å². The van der Waals surface area contributed by atoms with E-state index in [-0.39, 0.29) is 0 Å². The molecule has 1 aromatic heterocycles. The third-order valence-electron chi connectivity index (χ3n) is 6.43. The molecule has 0 radical (unpaired) electrons. The van der Waals surface area contributed by atoms with Crippen molar-refractivity contribution >= 4 is 11.6 Å². The smallest absolute Gasteiger partial charge is 0.136 e. The quantitative estimate of drug-likeness (QED) is 0.811. The number of nitrogens with one attached hydrogen (secondary N) is 1. The van der Waals surface area contributed by atoms with Gasteiger partial charge in [-0.25, -0.2) is 9.97 Å². The molecule has 2 aromatic rings. The summed E-state index contributed by atoms with van der Waals surface area (Å²) in [6.45, 7) is 3.66. The van der Waals surface area contributed by atoms with Crippen LogP contribution in [-0.4, -0.2) is 27.7 Å². The van der Waals surface area contributed by atoms with Crippen LogP contribution in [-0.2, 0) is 13.0 Å². The van der Waals surface area contributed by atoms with Gasteiger partial charge in [-0.3, -0.25) is 0 Å². The van der Waals surface area contributed by atoms with Gasteiger partial charge in [-0.2, -0.15) is 0 Å². The summed E-state index contributed by atoms with van der Waals surface area (Å²) in [5, 5.41) is 13.5. The first-order valence-corrected chi connectivity index (χ1v) is 10.9. The lowest BCUT2D eigenvalue weighted by atomic mass is 9.96. The molecule has 0 unspecified atom stereocenters. The Hall–Kier alpha value is -2.14. The summed E-state index contributed by atoms with van der Waals surface area (Å²) < 4.78 is 0. The SMILES string of the molecule is C[C@@H](O)c1ccc2c(c1)CCN(c1cc(NC3CCCC3)nc(C3CC3)n1)C2. The Morgan fingerprint density at radius 1 is 1.07 bits per heavy atom. The maximum Gasteiger partial charge on any atom is 0.136 e. The predicted octanol–water partition coefficient (Wildman–Crippen LogP) is 4.32. The summed E-state index contributed by atoms with van der Waals surface area (Å²) in [7, 11) is 0. The number of fused-ring (bicyclic) bond motifs is 1. The summed E-state index contributed by atoms with van der Waals surface area (Å²) in [5.74, 6) is 3.64. The van der Waals surface area contributed by atoms with Crippen LogP contribution in [0.5, 0.6) is 0 Å². The second-order valence-electron chi connectivity index (χ2n) is 8.75. The van der Waals surface area contributed by atoms with Gasteiger partial charge in [0, 0.05) is 31.1 Å². The van der Waals surface area contributed by atoms with Crippen molar-refractivity contribution in [3.63, 3.8) is 0 Å². The van der Waals surface area contributed by atoms with Gasteiger partial charge in [0.2, 0.25) is 0 Å². The number of aromatic nitrogens is 2. The van der Waals surface area contributed by atoms with Crippen LogP contribution in [0.3, 0.4) is 0 Å². The standard InChI is InChI=1S/C23H30N4O/c1-15(28)17-8-9-19-14-27(11-10-18(19)12-17)22-13-21(24-20-4-2-3-5-20)25-23(26-22)16-6-7-16/h8-9,12-13,15-16,20,28H,2-7,10-11,14H2,1H3,(H,24,25,26)/t15-/m1/s1. The number of hydrogen-bond acceptors (Lipinski definition) is 5. The second-order valence-corrected chi connectivity index (χ2v) is 8.75. The molecule has 2 heterocycles. The molecule has 1 atom stereocenters. The molecule has 2 saturated carbocycles. The molecular weight excluding hydrogens is 348 g/mol. The monoisotopic (exact) mass is 378 g/mol. The van der Waals surface area contributed by atoms with E-state index in [1.807, 2.05) is 6.92 Å². The van der Waals surface area contributed by atoms with Gasteiger partial charge in [-0.1, -0.05) is 31.0 Å². The molecule has 0 bridgehead atoms. The minimum Gasteiger partial charge on any atom is -0.389 e. The van der Waals surface area contributed by atoms with Crippen molar-refractivity contribution in [3.05, 3.63) is 46.8 Å². The zero-order chi connectivity index (χ0) is 19.1. The summed E-state index contributed by atoms with van der Waals surface area (Å²) in [6, 6.07) is 9.11. The summed E-state index contributed by atoms with van der Waals surface area (Å²) in [6.07, 6.45) is 8.17. The summed E-state index contributed by atoms with van der Waals surface area (Å²) >= 11 is 0. The molecule has 0 saturated heterocycles. The number of aliphatic hydroxyl groups is 1. The van der Waals surface area contributed by atoms with Crippen LogP contribution in [0.1, 0.15) is 80.0 Å². The number of aliphatic hydroxyl groups excluding tert-OH is 1. The number of nitrogens with zero attached hydrogens (tertiary/aromatic N) is 3. The first-order valence-electron chi connectivity index (χ1n) is 10.9. The van der Waals surface area contributed by atoms with E-state index in [9.17, 15) is 5.11 Å². The highest BCUT2D eigenvalue weighted by molar-refractivity contribution is 5.53. The van der Waals surface area contributed by atoms with Crippen molar-refractivity contribution in [2.45, 2.75) is 76.5 Å². The van der Waals surface area contributed by atoms with Gasteiger partial charge in [0.15, 0.2) is 0 Å². The van der Waals surface area contributed by atoms with E-state index in [1.54, 1.807) is 0 Å². The van der Waals surface area contributed by atoms with Crippen LogP contribution in [0.15, 0.2) is 24.3 Å². The fourth-order valence-electron chi connectivity index (χ4n) is 4.52. The molecule has 0 amide bonds. The fourth-order valence-corrected chi connectivity index (χ4v) is 4.52. The maximum absolute atomic E-state index is 9.86. The Kier molecular flexibility index (Phi) is 4.71. The normalized spacial score (nSPS) is 20.9. The van der Waals surface area contributed by atoms with Gasteiger partial charge in [-0.05, 0) is 55.7 Å². The van der Waals surface area contributed by atoms with Crippen molar-refractivity contribution in [2.75, 3.05) is 16.8 Å². The average Bonchev–Trinajstić information content (AvgIpc) is 3.44. The largest absolute Gasteiger partial charge is 0.389 e. The highest BCUT2D eigenvalue weighted by atomic mass is 16.3. The summed E-state index contributed by atoms with van der Waals surface area (Å²) in [4.78, 5) is 12.2. The molecule has 0 spiro atoms. The van der Waals surface area contributed by atoms with E-state index in [0.29, 0.717) is 12.0 Å². The van der Waals surface area contributed by atoms with E-state index in [4.69, 9.17) is 9.97 Å². The average molecular weight is 379 g/mol. The van der Waals surface area contributed by atoms with Crippen LogP contribution in [0.4, 0.5) is 11.6 Å². The third-order valence-corrected chi connectivity index (χ3v) is 6.43. The fraction of sp³-hybridized carbons (Fsp3) is 0.565. The lowest BCUT2D eigenvalue weighted by Gasteiger charge is -2.31. The lowest BCUT2D eigenvalue weighted by molar-refractivity contribution is 0.199. The third kappa shape index (κ3) is 3.72. The van der Waals surface area contributed by atoms with Gasteiger partial charge >= 0.3 is 0 Å². The van der Waals surface area contributed by atoms with Crippen molar-refractivity contribution in [3.8, 4) is 0 Å². The van der Waals surface area contributed by atoms with Crippen molar-refractivity contribution in [2.24, 2.45) is 0 Å². The number of hydrogen-bond donors (Lipinski definition) is 2. The van der Waals surface area contributed by atoms with Crippen LogP contribution >= 0.6 is 0 Å². The molecule has 148 valence electrons. The molecule has 1 aliphatic heterocycles. The Balaban J connectivity index is 1.40. The Labute approximate surface area is 167 Å². The Morgan fingerprint density at radius 2 is 1.89 bits per heavy atom. The minimum absolute atomic E-state index is 0.407. The summed E-state index contributed by atoms with van der Waals surface area (Å²) in [5.41, 5.74) is 3.70. The molecule has 5 heteroatoms. The van der Waals surface area contributed by atoms with Crippen molar-refractivity contribution in [1.29, 1.82) is 0 Å². The number of benzene rings is 1. The molecule has 2 aliphatic carbocycles. The molecular formula is C23H30N4O. The molecule has 1 aromatic carbocycles. The van der Waals surface area contributed by atoms with Gasteiger partial charge < -0.3 is 15.3 Å². The second kappa shape index (κ2) is 7.36. The zero-order valence-electron chi connectivity index (χ0n) is 16.7. The molecule has 2 fully saturated rings. The van der Waals surface area contributed by atoms with E-state index in [1.165, 1.54) is 49.7 Å². The van der Waals surface area contributed by atoms with Crippen LogP contribution in [0.25, 0.3) is 0 Å². The van der Waals surface area contributed by atoms with E-state index < -0.39 is 6.10 Å². The van der Waals surface area contributed by atoms with E-state index in [2.05, 4.69) is 34.5 Å². The maximum atomic E-state index is 9.86. The van der Waals surface area contributed by atoms with Crippen LogP contribution in [0, 0.1) is 0 Å². The topological polar surface area (TPSA) is 61.3 Å². The molecule has 28 heavy (non-hydrogen) atoms. The van der Waals surface area contributed by atoms with Gasteiger partial charge in [0.05, 0.1) is 6.10 Å². The highest BCUT2D eigenvalue weighted by Gasteiger charge is 2.29. The minimum atomic E-state index is -0.407. The predicted molar refractivity (Wildman–Crippen MR) is 112 cm³/mol. The van der Waals surface area contributed by atoms with E-state index in [0.717, 1.165) is 42.5 Å². The van der Waals surface area contributed by atoms with Crippen molar-refractivity contribution < 1.29 is 5.11 Å². The molecule has 5 rings (SSSR count). The van der Waals surface area contributed by atoms with Gasteiger partial charge in [0.1, 0.15) is 17.5 Å².